The van der Waals surface area contributed by atoms with Crippen molar-refractivity contribution in [2.75, 3.05) is 0 Å². The molecule has 0 saturated heterocycles. The molecule has 22 heavy (non-hydrogen) atoms. The van der Waals surface area contributed by atoms with Crippen LogP contribution >= 0.6 is 0 Å². The lowest BCUT2D eigenvalue weighted by atomic mass is 10.1. The summed E-state index contributed by atoms with van der Waals surface area (Å²) in [5.74, 6) is -0.177. The smallest absolute Gasteiger partial charge is 0.199 e. The van der Waals surface area contributed by atoms with E-state index >= 15 is 0 Å². The summed E-state index contributed by atoms with van der Waals surface area (Å²) in [5, 5.41) is 20.8. The fourth-order valence-corrected chi connectivity index (χ4v) is 2.75. The topological polar surface area (TPSA) is 70.4 Å². The van der Waals surface area contributed by atoms with Gasteiger partial charge in [0, 0.05) is 22.6 Å². The molecule has 1 heterocycles. The number of benzene rings is 2. The van der Waals surface area contributed by atoms with Gasteiger partial charge in [-0.1, -0.05) is 30.3 Å². The van der Waals surface area contributed by atoms with Gasteiger partial charge in [-0.15, -0.1) is 0 Å². The lowest BCUT2D eigenvalue weighted by Gasteiger charge is -2.04. The number of aliphatic hydroxyl groups is 1. The second-order valence-corrected chi connectivity index (χ2v) is 5.17. The van der Waals surface area contributed by atoms with Gasteiger partial charge in [0.05, 0.1) is 16.8 Å². The van der Waals surface area contributed by atoms with Gasteiger partial charge in [-0.2, -0.15) is 0 Å². The van der Waals surface area contributed by atoms with Crippen molar-refractivity contribution in [1.29, 1.82) is 0 Å². The van der Waals surface area contributed by atoms with E-state index in [2.05, 4.69) is 4.98 Å². The molecule has 1 aliphatic rings. The first-order valence-corrected chi connectivity index (χ1v) is 6.82. The van der Waals surface area contributed by atoms with Crippen LogP contribution in [0.25, 0.3) is 22.2 Å². The van der Waals surface area contributed by atoms with Gasteiger partial charge in [0.1, 0.15) is 11.5 Å². The average molecular weight is 289 g/mol. The second-order valence-electron chi connectivity index (χ2n) is 5.17. The number of phenols is 1. The molecule has 0 fully saturated rings. The van der Waals surface area contributed by atoms with E-state index in [-0.39, 0.29) is 22.9 Å². The number of pyridine rings is 1. The minimum absolute atomic E-state index is 0.0485. The van der Waals surface area contributed by atoms with Crippen molar-refractivity contribution in [3.05, 3.63) is 71.4 Å². The van der Waals surface area contributed by atoms with Gasteiger partial charge in [0.15, 0.2) is 5.78 Å². The number of ketones is 1. The molecule has 4 nitrogen and oxygen atoms in total. The molecule has 0 unspecified atom stereocenters. The van der Waals surface area contributed by atoms with E-state index in [4.69, 9.17) is 0 Å². The van der Waals surface area contributed by atoms with Crippen LogP contribution in [-0.4, -0.2) is 21.0 Å². The van der Waals surface area contributed by atoms with Gasteiger partial charge in [-0.3, -0.25) is 4.79 Å². The third kappa shape index (κ3) is 1.71. The van der Waals surface area contributed by atoms with Crippen molar-refractivity contribution in [2.24, 2.45) is 0 Å². The number of aromatic nitrogens is 1. The van der Waals surface area contributed by atoms with E-state index < -0.39 is 0 Å². The zero-order valence-corrected chi connectivity index (χ0v) is 11.4. The first kappa shape index (κ1) is 12.6. The number of aliphatic hydroxyl groups excluding tert-OH is 1. The highest BCUT2D eigenvalue weighted by Crippen LogP contribution is 2.36. The first-order valence-electron chi connectivity index (χ1n) is 6.82. The Balaban J connectivity index is 1.93. The van der Waals surface area contributed by atoms with Crippen LogP contribution in [-0.2, 0) is 0 Å². The van der Waals surface area contributed by atoms with Crippen LogP contribution < -0.4 is 0 Å². The van der Waals surface area contributed by atoms with Crippen molar-refractivity contribution in [2.45, 2.75) is 0 Å². The quantitative estimate of drug-likeness (QED) is 0.718. The number of hydrogen-bond acceptors (Lipinski definition) is 4. The summed E-state index contributed by atoms with van der Waals surface area (Å²) >= 11 is 0. The van der Waals surface area contributed by atoms with Gasteiger partial charge in [-0.25, -0.2) is 4.98 Å². The first-order chi connectivity index (χ1) is 10.6. The van der Waals surface area contributed by atoms with Gasteiger partial charge in [-0.05, 0) is 18.2 Å². The molecular formula is C18H11NO3. The number of Topliss-reactive ketones (excluding diaryl/α,β-unsaturated/α-hetero) is 1. The number of carbonyl (C=O) groups is 1. The number of allylic oxidation sites excluding steroid dienone is 1. The molecule has 0 atom stereocenters. The molecule has 0 amide bonds. The number of nitrogens with zero attached hydrogens (tertiary/aromatic N) is 1. The maximum Gasteiger partial charge on any atom is 0.199 e. The highest BCUT2D eigenvalue weighted by molar-refractivity contribution is 6.38. The predicted molar refractivity (Wildman–Crippen MR) is 83.6 cm³/mol. The normalized spacial score (nSPS) is 13.7. The zero-order valence-electron chi connectivity index (χ0n) is 11.4. The summed E-state index contributed by atoms with van der Waals surface area (Å²) in [6.45, 7) is 0. The third-order valence-corrected chi connectivity index (χ3v) is 3.82. The van der Waals surface area contributed by atoms with Crippen LogP contribution in [0.2, 0.25) is 0 Å². The largest absolute Gasteiger partial charge is 0.508 e. The van der Waals surface area contributed by atoms with Crippen molar-refractivity contribution in [3.63, 3.8) is 0 Å². The van der Waals surface area contributed by atoms with Gasteiger partial charge in [0.2, 0.25) is 0 Å². The number of carbonyl (C=O) groups excluding carboxylic acids is 1. The van der Waals surface area contributed by atoms with Crippen LogP contribution in [0.4, 0.5) is 0 Å². The van der Waals surface area contributed by atoms with Gasteiger partial charge in [0.25, 0.3) is 0 Å². The molecular weight excluding hydrogens is 278 g/mol. The molecule has 4 rings (SSSR count). The SMILES string of the molecule is O=C1C(c2ccc3ccc(O)cc3n2)=C(O)c2ccccc21. The number of fused-ring (bicyclic) bond motifs is 2. The molecule has 0 spiro atoms. The van der Waals surface area contributed by atoms with E-state index in [1.54, 1.807) is 42.5 Å². The lowest BCUT2D eigenvalue weighted by Crippen LogP contribution is -2.00. The van der Waals surface area contributed by atoms with Crippen molar-refractivity contribution >= 4 is 28.0 Å². The van der Waals surface area contributed by atoms with Crippen molar-refractivity contribution in [3.8, 4) is 5.75 Å². The Kier molecular flexibility index (Phi) is 2.53. The molecule has 2 aromatic carbocycles. The summed E-state index contributed by atoms with van der Waals surface area (Å²) in [5.41, 5.74) is 2.18. The Morgan fingerprint density at radius 2 is 1.59 bits per heavy atom. The van der Waals surface area contributed by atoms with Gasteiger partial charge >= 0.3 is 0 Å². The van der Waals surface area contributed by atoms with E-state index in [1.807, 2.05) is 6.07 Å². The number of rotatable bonds is 1. The van der Waals surface area contributed by atoms with Crippen LogP contribution in [0, 0.1) is 0 Å². The van der Waals surface area contributed by atoms with Crippen LogP contribution in [0.5, 0.6) is 5.75 Å². The molecule has 0 saturated carbocycles. The maximum atomic E-state index is 12.5. The van der Waals surface area contributed by atoms with Crippen LogP contribution in [0.1, 0.15) is 21.6 Å². The molecule has 4 heteroatoms. The summed E-state index contributed by atoms with van der Waals surface area (Å²) in [6.07, 6.45) is 0. The molecule has 1 aromatic heterocycles. The zero-order chi connectivity index (χ0) is 15.3. The molecule has 0 bridgehead atoms. The number of phenolic OH excluding ortho intramolecular Hbond substituents is 1. The summed E-state index contributed by atoms with van der Waals surface area (Å²) in [7, 11) is 0. The third-order valence-electron chi connectivity index (χ3n) is 3.82. The van der Waals surface area contributed by atoms with Crippen LogP contribution in [0.15, 0.2) is 54.6 Å². The Hall–Kier alpha value is -3.14. The predicted octanol–water partition coefficient (Wildman–Crippen LogP) is 3.56. The Morgan fingerprint density at radius 1 is 0.864 bits per heavy atom. The maximum absolute atomic E-state index is 12.5. The summed E-state index contributed by atoms with van der Waals surface area (Å²) < 4.78 is 0. The molecule has 1 aliphatic carbocycles. The molecule has 0 radical (unpaired) electrons. The minimum atomic E-state index is -0.236. The molecule has 0 aliphatic heterocycles. The van der Waals surface area contributed by atoms with Crippen molar-refractivity contribution in [1.82, 2.24) is 4.98 Å². The Labute approximate surface area is 126 Å². The summed E-state index contributed by atoms with van der Waals surface area (Å²) in [6, 6.07) is 15.3. The van der Waals surface area contributed by atoms with E-state index in [0.29, 0.717) is 22.3 Å². The Bertz CT molecular complexity index is 973. The molecule has 2 N–H and O–H groups in total. The number of hydrogen-bond donors (Lipinski definition) is 2. The average Bonchev–Trinajstić information content (AvgIpc) is 2.79. The van der Waals surface area contributed by atoms with Gasteiger partial charge < -0.3 is 10.2 Å². The lowest BCUT2D eigenvalue weighted by molar-refractivity contribution is 0.105. The number of aromatic hydroxyl groups is 1. The van der Waals surface area contributed by atoms with Crippen molar-refractivity contribution < 1.29 is 15.0 Å². The monoisotopic (exact) mass is 289 g/mol. The van der Waals surface area contributed by atoms with E-state index in [1.165, 1.54) is 6.07 Å². The summed E-state index contributed by atoms with van der Waals surface area (Å²) in [4.78, 5) is 16.9. The Morgan fingerprint density at radius 3 is 2.36 bits per heavy atom. The standard InChI is InChI=1S/C18H11NO3/c20-11-7-5-10-6-8-14(19-15(10)9-11)16-17(21)12-3-1-2-4-13(12)18(16)22/h1-9,20-21H. The molecule has 106 valence electrons. The van der Waals surface area contributed by atoms with E-state index in [0.717, 1.165) is 5.39 Å². The second kappa shape index (κ2) is 4.43. The van der Waals surface area contributed by atoms with Crippen LogP contribution in [0.3, 0.4) is 0 Å². The fraction of sp³-hybridized carbons (Fsp3) is 0. The minimum Gasteiger partial charge on any atom is -0.508 e. The molecule has 3 aromatic rings. The highest BCUT2D eigenvalue weighted by atomic mass is 16.3. The van der Waals surface area contributed by atoms with E-state index in [9.17, 15) is 15.0 Å². The highest BCUT2D eigenvalue weighted by Gasteiger charge is 2.31. The fourth-order valence-electron chi connectivity index (χ4n) is 2.75.